The fourth-order valence-electron chi connectivity index (χ4n) is 5.63. The SMILES string of the molecule is CCCc1ccnc(NC(=O)c2ccc(-c3nn(C4CCCN(C(=O)C=CCN(C)C5CC5)C4)c(C)c3C)cc2)c1. The molecule has 5 rings (SSSR count). The number of hydrogen-bond acceptors (Lipinski definition) is 5. The molecule has 3 heterocycles. The van der Waals surface area contributed by atoms with Crippen molar-refractivity contribution < 1.29 is 9.59 Å². The van der Waals surface area contributed by atoms with Gasteiger partial charge in [-0.3, -0.25) is 19.2 Å². The van der Waals surface area contributed by atoms with Gasteiger partial charge in [-0.05, 0) is 88.4 Å². The van der Waals surface area contributed by atoms with Gasteiger partial charge in [0.05, 0.1) is 11.7 Å². The molecule has 1 saturated carbocycles. The molecule has 41 heavy (non-hydrogen) atoms. The number of carbonyl (C=O) groups excluding carboxylic acids is 2. The number of aryl methyl sites for hydroxylation is 1. The zero-order chi connectivity index (χ0) is 28.9. The maximum Gasteiger partial charge on any atom is 0.256 e. The van der Waals surface area contributed by atoms with E-state index in [-0.39, 0.29) is 17.9 Å². The van der Waals surface area contributed by atoms with Crippen molar-refractivity contribution in [3.63, 3.8) is 0 Å². The maximum atomic E-state index is 12.9. The van der Waals surface area contributed by atoms with Gasteiger partial charge in [-0.15, -0.1) is 0 Å². The normalized spacial score (nSPS) is 17.4. The van der Waals surface area contributed by atoms with Crippen molar-refractivity contribution in [2.24, 2.45) is 0 Å². The zero-order valence-corrected chi connectivity index (χ0v) is 24.8. The number of likely N-dealkylation sites (tertiary alicyclic amines) is 1. The molecule has 1 aliphatic heterocycles. The van der Waals surface area contributed by atoms with Crippen LogP contribution in [0.1, 0.15) is 72.2 Å². The Kier molecular flexibility index (Phi) is 8.98. The standard InChI is InChI=1S/C33H42N6O2/c1-5-8-25-17-18-34-30(21-25)35-33(41)27-13-11-26(12-14-27)32-23(2)24(3)39(36-32)29-9-6-20-38(22-29)31(40)10-7-19-37(4)28-15-16-28/h7,10-14,17-18,21,28-29H,5-6,8-9,15-16,19-20,22H2,1-4H3,(H,34,35,41). The average Bonchev–Trinajstić information content (AvgIpc) is 3.79. The second-order valence-electron chi connectivity index (χ2n) is 11.5. The van der Waals surface area contributed by atoms with E-state index in [1.54, 1.807) is 12.3 Å². The predicted molar refractivity (Wildman–Crippen MR) is 163 cm³/mol. The van der Waals surface area contributed by atoms with Crippen LogP contribution >= 0.6 is 0 Å². The van der Waals surface area contributed by atoms with E-state index in [1.165, 1.54) is 12.8 Å². The third kappa shape index (κ3) is 6.93. The highest BCUT2D eigenvalue weighted by molar-refractivity contribution is 6.04. The molecule has 1 unspecified atom stereocenters. The lowest BCUT2D eigenvalue weighted by Crippen LogP contribution is -2.40. The summed E-state index contributed by atoms with van der Waals surface area (Å²) >= 11 is 0. The summed E-state index contributed by atoms with van der Waals surface area (Å²) in [6.45, 7) is 8.59. The molecule has 0 spiro atoms. The number of piperidine rings is 1. The van der Waals surface area contributed by atoms with E-state index in [2.05, 4.69) is 47.7 Å². The number of amides is 2. The van der Waals surface area contributed by atoms with E-state index in [9.17, 15) is 9.59 Å². The summed E-state index contributed by atoms with van der Waals surface area (Å²) in [6, 6.07) is 12.3. The molecule has 2 fully saturated rings. The van der Waals surface area contributed by atoms with Crippen LogP contribution in [0.15, 0.2) is 54.7 Å². The molecule has 2 aliphatic rings. The quantitative estimate of drug-likeness (QED) is 0.331. The average molecular weight is 555 g/mol. The van der Waals surface area contributed by atoms with E-state index in [1.807, 2.05) is 47.4 Å². The summed E-state index contributed by atoms with van der Waals surface area (Å²) in [5.41, 5.74) is 5.84. The van der Waals surface area contributed by atoms with Gasteiger partial charge in [-0.25, -0.2) is 4.98 Å². The molecule has 8 nitrogen and oxygen atoms in total. The Hall–Kier alpha value is -3.78. The molecule has 216 valence electrons. The van der Waals surface area contributed by atoms with Crippen LogP contribution in [0, 0.1) is 13.8 Å². The van der Waals surface area contributed by atoms with Gasteiger partial charge in [0, 0.05) is 54.8 Å². The minimum atomic E-state index is -0.184. The summed E-state index contributed by atoms with van der Waals surface area (Å²) < 4.78 is 2.10. The molecule has 1 N–H and O–H groups in total. The number of benzene rings is 1. The molecule has 2 aromatic heterocycles. The van der Waals surface area contributed by atoms with Gasteiger partial charge in [0.1, 0.15) is 5.82 Å². The van der Waals surface area contributed by atoms with Crippen molar-refractivity contribution in [3.05, 3.63) is 77.1 Å². The van der Waals surface area contributed by atoms with E-state index >= 15 is 0 Å². The number of anilines is 1. The molecule has 3 aromatic rings. The third-order valence-electron chi connectivity index (χ3n) is 8.35. The first-order chi connectivity index (χ1) is 19.8. The van der Waals surface area contributed by atoms with Crippen molar-refractivity contribution in [3.8, 4) is 11.3 Å². The molecule has 0 bridgehead atoms. The smallest absolute Gasteiger partial charge is 0.256 e. The Morgan fingerprint density at radius 1 is 1.12 bits per heavy atom. The van der Waals surface area contributed by atoms with Gasteiger partial charge in [0.2, 0.25) is 5.91 Å². The number of rotatable bonds is 10. The minimum Gasteiger partial charge on any atom is -0.337 e. The number of likely N-dealkylation sites (N-methyl/N-ethyl adjacent to an activating group) is 1. The molecule has 2 amide bonds. The van der Waals surface area contributed by atoms with Gasteiger partial charge in [0.25, 0.3) is 5.91 Å². The minimum absolute atomic E-state index is 0.0850. The monoisotopic (exact) mass is 554 g/mol. The Morgan fingerprint density at radius 2 is 1.90 bits per heavy atom. The number of aromatic nitrogens is 3. The molecular weight excluding hydrogens is 512 g/mol. The first-order valence-corrected chi connectivity index (χ1v) is 14.9. The van der Waals surface area contributed by atoms with E-state index in [0.29, 0.717) is 24.0 Å². The van der Waals surface area contributed by atoms with Crippen LogP contribution in [0.2, 0.25) is 0 Å². The molecule has 1 atom stereocenters. The number of carbonyl (C=O) groups is 2. The highest BCUT2D eigenvalue weighted by Crippen LogP contribution is 2.30. The number of nitrogens with zero attached hydrogens (tertiary/aromatic N) is 5. The fraction of sp³-hybridized carbons (Fsp3) is 0.455. The lowest BCUT2D eigenvalue weighted by molar-refractivity contribution is -0.127. The van der Waals surface area contributed by atoms with Gasteiger partial charge >= 0.3 is 0 Å². The predicted octanol–water partition coefficient (Wildman–Crippen LogP) is 5.58. The van der Waals surface area contributed by atoms with Crippen LogP contribution in [-0.4, -0.2) is 69.1 Å². The second kappa shape index (κ2) is 12.8. The van der Waals surface area contributed by atoms with Crippen molar-refractivity contribution >= 4 is 17.6 Å². The van der Waals surface area contributed by atoms with Crippen LogP contribution in [-0.2, 0) is 11.2 Å². The Bertz CT molecular complexity index is 1410. The molecule has 1 saturated heterocycles. The fourth-order valence-corrected chi connectivity index (χ4v) is 5.63. The van der Waals surface area contributed by atoms with Crippen molar-refractivity contribution in [2.45, 2.75) is 71.4 Å². The zero-order valence-electron chi connectivity index (χ0n) is 24.8. The van der Waals surface area contributed by atoms with Crippen molar-refractivity contribution in [2.75, 3.05) is 32.0 Å². The topological polar surface area (TPSA) is 83.4 Å². The maximum absolute atomic E-state index is 12.9. The van der Waals surface area contributed by atoms with Gasteiger partial charge in [0.15, 0.2) is 0 Å². The third-order valence-corrected chi connectivity index (χ3v) is 8.35. The molecule has 8 heteroatoms. The summed E-state index contributed by atoms with van der Waals surface area (Å²) in [4.78, 5) is 34.3. The lowest BCUT2D eigenvalue weighted by Gasteiger charge is -2.33. The second-order valence-corrected chi connectivity index (χ2v) is 11.5. The lowest BCUT2D eigenvalue weighted by atomic mass is 10.0. The number of hydrogen-bond donors (Lipinski definition) is 1. The van der Waals surface area contributed by atoms with Gasteiger partial charge in [-0.2, -0.15) is 5.10 Å². The van der Waals surface area contributed by atoms with E-state index in [0.717, 1.165) is 66.9 Å². The molecule has 1 aliphatic carbocycles. The molecule has 0 radical (unpaired) electrons. The van der Waals surface area contributed by atoms with Gasteiger partial charge < -0.3 is 10.2 Å². The van der Waals surface area contributed by atoms with E-state index in [4.69, 9.17) is 5.10 Å². The van der Waals surface area contributed by atoms with Crippen molar-refractivity contribution in [1.29, 1.82) is 0 Å². The molecular formula is C33H42N6O2. The first-order valence-electron chi connectivity index (χ1n) is 14.9. The highest BCUT2D eigenvalue weighted by atomic mass is 16.2. The first kappa shape index (κ1) is 28.7. The summed E-state index contributed by atoms with van der Waals surface area (Å²) in [5.74, 6) is 0.467. The van der Waals surface area contributed by atoms with Crippen LogP contribution in [0.5, 0.6) is 0 Å². The summed E-state index contributed by atoms with van der Waals surface area (Å²) in [6.07, 6.45) is 11.9. The largest absolute Gasteiger partial charge is 0.337 e. The summed E-state index contributed by atoms with van der Waals surface area (Å²) in [5, 5.41) is 7.94. The van der Waals surface area contributed by atoms with Crippen LogP contribution < -0.4 is 5.32 Å². The summed E-state index contributed by atoms with van der Waals surface area (Å²) in [7, 11) is 2.12. The Labute approximate surface area is 243 Å². The van der Waals surface area contributed by atoms with Crippen molar-refractivity contribution in [1.82, 2.24) is 24.6 Å². The molecule has 1 aromatic carbocycles. The number of nitrogens with one attached hydrogen (secondary N) is 1. The Balaban J connectivity index is 1.24. The highest BCUT2D eigenvalue weighted by Gasteiger charge is 2.28. The Morgan fingerprint density at radius 3 is 2.63 bits per heavy atom. The number of pyridine rings is 1. The van der Waals surface area contributed by atoms with Crippen LogP contribution in [0.4, 0.5) is 5.82 Å². The van der Waals surface area contributed by atoms with Crippen LogP contribution in [0.3, 0.4) is 0 Å². The van der Waals surface area contributed by atoms with E-state index < -0.39 is 0 Å². The van der Waals surface area contributed by atoms with Crippen LogP contribution in [0.25, 0.3) is 11.3 Å². The van der Waals surface area contributed by atoms with Gasteiger partial charge in [-0.1, -0.05) is 31.6 Å².